The summed E-state index contributed by atoms with van der Waals surface area (Å²) in [6.07, 6.45) is 3.38. The van der Waals surface area contributed by atoms with E-state index in [1.165, 1.54) is 6.08 Å². The Kier molecular flexibility index (Phi) is 1.31. The quantitative estimate of drug-likeness (QED) is 0.550. The minimum Gasteiger partial charge on any atom is -0.352 e. The van der Waals surface area contributed by atoms with Gasteiger partial charge in [-0.2, -0.15) is 0 Å². The average Bonchev–Trinajstić information content (AvgIpc) is 2.33. The van der Waals surface area contributed by atoms with Crippen molar-refractivity contribution >= 4 is 5.91 Å². The molecule has 11 heavy (non-hydrogen) atoms. The normalized spacial score (nSPS) is 28.8. The van der Waals surface area contributed by atoms with Gasteiger partial charge >= 0.3 is 0 Å². The first-order chi connectivity index (χ1) is 5.27. The molecule has 1 aliphatic carbocycles. The first-order valence-corrected chi connectivity index (χ1v) is 3.60. The largest absolute Gasteiger partial charge is 0.352 e. The third kappa shape index (κ3) is 0.964. The number of fused-ring (bicyclic) bond motifs is 1. The number of hydrogen-bond acceptors (Lipinski definition) is 1. The van der Waals surface area contributed by atoms with Crippen molar-refractivity contribution in [3.8, 4) is 0 Å². The molecule has 1 N–H and O–H groups in total. The second-order valence-corrected chi connectivity index (χ2v) is 2.83. The van der Waals surface area contributed by atoms with Crippen LogP contribution in [-0.2, 0) is 4.79 Å². The van der Waals surface area contributed by atoms with Crippen LogP contribution in [0.3, 0.4) is 0 Å². The van der Waals surface area contributed by atoms with Crippen molar-refractivity contribution < 1.29 is 9.18 Å². The van der Waals surface area contributed by atoms with Gasteiger partial charge in [-0.05, 0) is 11.6 Å². The van der Waals surface area contributed by atoms with E-state index in [-0.39, 0.29) is 24.1 Å². The first kappa shape index (κ1) is 6.58. The Balaban J connectivity index is 2.30. The molecule has 0 bridgehead atoms. The van der Waals surface area contributed by atoms with Crippen molar-refractivity contribution in [3.05, 3.63) is 23.6 Å². The van der Waals surface area contributed by atoms with Crippen LogP contribution in [0.15, 0.2) is 23.6 Å². The third-order valence-electron chi connectivity index (χ3n) is 2.11. The molecule has 1 aliphatic heterocycles. The van der Waals surface area contributed by atoms with Gasteiger partial charge in [-0.3, -0.25) is 4.79 Å². The molecule has 1 amide bonds. The van der Waals surface area contributed by atoms with E-state index in [2.05, 4.69) is 5.32 Å². The Morgan fingerprint density at radius 2 is 2.36 bits per heavy atom. The van der Waals surface area contributed by atoms with E-state index >= 15 is 0 Å². The number of carbonyl (C=O) groups excluding carboxylic acids is 1. The highest BCUT2D eigenvalue weighted by Gasteiger charge is 2.31. The maximum absolute atomic E-state index is 12.6. The summed E-state index contributed by atoms with van der Waals surface area (Å²) in [6.45, 7) is 0.591. The molecule has 0 aromatic heterocycles. The molecule has 58 valence electrons. The fourth-order valence-corrected chi connectivity index (χ4v) is 1.46. The van der Waals surface area contributed by atoms with Crippen LogP contribution in [0.4, 0.5) is 4.39 Å². The van der Waals surface area contributed by atoms with Crippen LogP contribution in [0.5, 0.6) is 0 Å². The van der Waals surface area contributed by atoms with Gasteiger partial charge in [-0.25, -0.2) is 4.39 Å². The van der Waals surface area contributed by atoms with Crippen molar-refractivity contribution in [2.24, 2.45) is 5.92 Å². The summed E-state index contributed by atoms with van der Waals surface area (Å²) in [5.41, 5.74) is 1.01. The molecule has 0 aromatic rings. The third-order valence-corrected chi connectivity index (χ3v) is 2.11. The predicted octanol–water partition coefficient (Wildman–Crippen LogP) is 0.916. The molecule has 0 radical (unpaired) electrons. The second kappa shape index (κ2) is 2.19. The van der Waals surface area contributed by atoms with Gasteiger partial charge in [-0.1, -0.05) is 6.08 Å². The maximum atomic E-state index is 12.6. The van der Waals surface area contributed by atoms with Gasteiger partial charge in [0.1, 0.15) is 5.83 Å². The zero-order valence-electron chi connectivity index (χ0n) is 5.93. The Bertz CT molecular complexity index is 267. The minimum atomic E-state index is -0.222. The van der Waals surface area contributed by atoms with Crippen molar-refractivity contribution in [3.63, 3.8) is 0 Å². The van der Waals surface area contributed by atoms with Crippen LogP contribution >= 0.6 is 0 Å². The fraction of sp³-hybridized carbons (Fsp3) is 0.375. The van der Waals surface area contributed by atoms with Gasteiger partial charge in [0, 0.05) is 13.0 Å². The molecule has 1 atom stereocenters. The Labute approximate surface area is 63.8 Å². The second-order valence-electron chi connectivity index (χ2n) is 2.83. The summed E-state index contributed by atoms with van der Waals surface area (Å²) in [7, 11) is 0. The van der Waals surface area contributed by atoms with Crippen LogP contribution in [0.25, 0.3) is 0 Å². The highest BCUT2D eigenvalue weighted by Crippen LogP contribution is 2.28. The van der Waals surface area contributed by atoms with E-state index in [9.17, 15) is 9.18 Å². The topological polar surface area (TPSA) is 29.1 Å². The molecule has 0 saturated carbocycles. The van der Waals surface area contributed by atoms with E-state index in [0.717, 1.165) is 5.57 Å². The van der Waals surface area contributed by atoms with E-state index in [4.69, 9.17) is 0 Å². The lowest BCUT2D eigenvalue weighted by atomic mass is 9.94. The number of nitrogens with one attached hydrogen (secondary N) is 1. The Morgan fingerprint density at radius 3 is 3.18 bits per heavy atom. The molecular weight excluding hydrogens is 145 g/mol. The fourth-order valence-electron chi connectivity index (χ4n) is 1.46. The monoisotopic (exact) mass is 153 g/mol. The van der Waals surface area contributed by atoms with Crippen LogP contribution < -0.4 is 5.32 Å². The lowest BCUT2D eigenvalue weighted by molar-refractivity contribution is -0.122. The standard InChI is InChI=1S/C8H8FNO/c9-6-2-1-5-4-10-8(11)7(5)3-6/h1-2,7H,3-4H2,(H,10,11). The Hall–Kier alpha value is -1.12. The summed E-state index contributed by atoms with van der Waals surface area (Å²) in [5.74, 6) is -0.463. The van der Waals surface area contributed by atoms with Crippen LogP contribution in [-0.4, -0.2) is 12.5 Å². The maximum Gasteiger partial charge on any atom is 0.227 e. The van der Waals surface area contributed by atoms with E-state index in [1.54, 1.807) is 6.08 Å². The molecule has 1 fully saturated rings. The molecule has 0 aromatic carbocycles. The number of rotatable bonds is 0. The van der Waals surface area contributed by atoms with Gasteiger partial charge < -0.3 is 5.32 Å². The molecular formula is C8H8FNO. The number of halogens is 1. The van der Waals surface area contributed by atoms with Crippen molar-refractivity contribution in [2.75, 3.05) is 6.54 Å². The summed E-state index contributed by atoms with van der Waals surface area (Å²) < 4.78 is 12.6. The molecule has 1 saturated heterocycles. The summed E-state index contributed by atoms with van der Waals surface area (Å²) in [4.78, 5) is 11.0. The summed E-state index contributed by atoms with van der Waals surface area (Å²) in [6, 6.07) is 0. The highest BCUT2D eigenvalue weighted by atomic mass is 19.1. The van der Waals surface area contributed by atoms with E-state index in [0.29, 0.717) is 6.54 Å². The lowest BCUT2D eigenvalue weighted by Gasteiger charge is -2.10. The summed E-state index contributed by atoms with van der Waals surface area (Å²) in [5, 5.41) is 2.67. The molecule has 2 nitrogen and oxygen atoms in total. The SMILES string of the molecule is O=C1NCC2=CC=C(F)CC12. The van der Waals surface area contributed by atoms with E-state index in [1.807, 2.05) is 0 Å². The van der Waals surface area contributed by atoms with Crippen LogP contribution in [0.2, 0.25) is 0 Å². The molecule has 3 heteroatoms. The zero-order valence-corrected chi connectivity index (χ0v) is 5.93. The number of carbonyl (C=O) groups is 1. The highest BCUT2D eigenvalue weighted by molar-refractivity contribution is 5.85. The van der Waals surface area contributed by atoms with Gasteiger partial charge in [-0.15, -0.1) is 0 Å². The predicted molar refractivity (Wildman–Crippen MR) is 38.4 cm³/mol. The van der Waals surface area contributed by atoms with Gasteiger partial charge in [0.2, 0.25) is 5.91 Å². The average molecular weight is 153 g/mol. The van der Waals surface area contributed by atoms with Gasteiger partial charge in [0.15, 0.2) is 0 Å². The molecule has 2 aliphatic rings. The first-order valence-electron chi connectivity index (χ1n) is 3.60. The molecule has 1 unspecified atom stereocenters. The van der Waals surface area contributed by atoms with Crippen LogP contribution in [0.1, 0.15) is 6.42 Å². The smallest absolute Gasteiger partial charge is 0.227 e. The van der Waals surface area contributed by atoms with Crippen molar-refractivity contribution in [2.45, 2.75) is 6.42 Å². The minimum absolute atomic E-state index is 0.0421. The van der Waals surface area contributed by atoms with E-state index < -0.39 is 0 Å². The van der Waals surface area contributed by atoms with Crippen molar-refractivity contribution in [1.82, 2.24) is 5.32 Å². The molecule has 0 spiro atoms. The van der Waals surface area contributed by atoms with Crippen LogP contribution in [0, 0.1) is 5.92 Å². The molecule has 1 heterocycles. The lowest BCUT2D eigenvalue weighted by Crippen LogP contribution is -2.19. The number of amides is 1. The van der Waals surface area contributed by atoms with Crippen molar-refractivity contribution in [1.29, 1.82) is 0 Å². The van der Waals surface area contributed by atoms with Gasteiger partial charge in [0.25, 0.3) is 0 Å². The Morgan fingerprint density at radius 1 is 1.55 bits per heavy atom. The molecule has 2 rings (SSSR count). The summed E-state index contributed by atoms with van der Waals surface area (Å²) >= 11 is 0. The number of allylic oxidation sites excluding steroid dienone is 3. The van der Waals surface area contributed by atoms with Gasteiger partial charge in [0.05, 0.1) is 5.92 Å². The zero-order chi connectivity index (χ0) is 7.84. The number of hydrogen-bond donors (Lipinski definition) is 1.